The number of anilines is 1. The number of aromatic nitrogens is 2. The van der Waals surface area contributed by atoms with Crippen LogP contribution in [-0.4, -0.2) is 29.5 Å². The number of hydrogen-bond acceptors (Lipinski definition) is 4. The highest BCUT2D eigenvalue weighted by atomic mass is 35.5. The molecule has 0 unspecified atom stereocenters. The first kappa shape index (κ1) is 22.8. The molecule has 156 valence electrons. The number of hydrogen-bond donors (Lipinski definition) is 3. The maximum Gasteiger partial charge on any atom is 0.393 e. The second-order valence-electron chi connectivity index (χ2n) is 6.08. The van der Waals surface area contributed by atoms with Crippen molar-refractivity contribution < 1.29 is 18.0 Å². The lowest BCUT2D eigenvalue weighted by Crippen LogP contribution is -2.28. The Hall–Kier alpha value is -2.52. The molecule has 2 rings (SSSR count). The second kappa shape index (κ2) is 9.80. The van der Waals surface area contributed by atoms with E-state index in [-0.39, 0.29) is 17.8 Å². The molecule has 0 bridgehead atoms. The van der Waals surface area contributed by atoms with Gasteiger partial charge in [0.05, 0.1) is 24.4 Å². The van der Waals surface area contributed by atoms with Crippen LogP contribution in [0.2, 0.25) is 10.0 Å². The van der Waals surface area contributed by atoms with Crippen LogP contribution in [0, 0.1) is 6.92 Å². The van der Waals surface area contributed by atoms with Gasteiger partial charge in [-0.15, -0.1) is 0 Å². The van der Waals surface area contributed by atoms with Crippen LogP contribution in [0.3, 0.4) is 0 Å². The van der Waals surface area contributed by atoms with Gasteiger partial charge < -0.3 is 16.0 Å². The predicted molar refractivity (Wildman–Crippen MR) is 107 cm³/mol. The molecule has 0 aliphatic heterocycles. The first-order chi connectivity index (χ1) is 13.6. The van der Waals surface area contributed by atoms with E-state index in [1.54, 1.807) is 13.0 Å². The SMILES string of the molecule is CN/C=C(\CC(F)(F)F)c1nnc(CNC(=O)Nc2cc(Cl)cc(Cl)c2)cc1C. The quantitative estimate of drug-likeness (QED) is 0.586. The zero-order valence-corrected chi connectivity index (χ0v) is 17.0. The summed E-state index contributed by atoms with van der Waals surface area (Å²) >= 11 is 11.7. The summed E-state index contributed by atoms with van der Waals surface area (Å²) in [6.07, 6.45) is -4.27. The fraction of sp³-hybridized carbons (Fsp3) is 0.278. The number of nitrogens with one attached hydrogen (secondary N) is 3. The van der Waals surface area contributed by atoms with Crippen LogP contribution in [0.1, 0.15) is 23.4 Å². The van der Waals surface area contributed by atoms with Crippen molar-refractivity contribution in [3.8, 4) is 0 Å². The number of nitrogens with zero attached hydrogens (tertiary/aromatic N) is 2. The van der Waals surface area contributed by atoms with Gasteiger partial charge in [0.1, 0.15) is 0 Å². The Morgan fingerprint density at radius 1 is 1.14 bits per heavy atom. The number of rotatable bonds is 6. The highest BCUT2D eigenvalue weighted by Gasteiger charge is 2.30. The molecule has 3 N–H and O–H groups in total. The van der Waals surface area contributed by atoms with E-state index >= 15 is 0 Å². The summed E-state index contributed by atoms with van der Waals surface area (Å²) in [4.78, 5) is 12.0. The Morgan fingerprint density at radius 3 is 2.34 bits per heavy atom. The van der Waals surface area contributed by atoms with Crippen molar-refractivity contribution in [3.63, 3.8) is 0 Å². The van der Waals surface area contributed by atoms with Crippen LogP contribution in [0.5, 0.6) is 0 Å². The van der Waals surface area contributed by atoms with E-state index in [9.17, 15) is 18.0 Å². The zero-order valence-electron chi connectivity index (χ0n) is 15.5. The van der Waals surface area contributed by atoms with Gasteiger partial charge in [-0.25, -0.2) is 4.79 Å². The monoisotopic (exact) mass is 447 g/mol. The van der Waals surface area contributed by atoms with E-state index in [0.717, 1.165) is 0 Å². The van der Waals surface area contributed by atoms with E-state index in [0.29, 0.717) is 27.0 Å². The maximum absolute atomic E-state index is 12.8. The number of alkyl halides is 3. The number of amides is 2. The summed E-state index contributed by atoms with van der Waals surface area (Å²) in [6, 6.07) is 5.63. The Morgan fingerprint density at radius 2 is 1.79 bits per heavy atom. The van der Waals surface area contributed by atoms with Gasteiger partial charge in [-0.1, -0.05) is 23.2 Å². The van der Waals surface area contributed by atoms with Gasteiger partial charge in [0.15, 0.2) is 0 Å². The molecule has 0 aliphatic rings. The standard InChI is InChI=1S/C18H18Cl2F3N5O/c1-10-3-15(27-28-16(10)11(8-24-2)7-18(21,22)23)9-25-17(29)26-14-5-12(19)4-13(20)6-14/h3-6,8,24H,7,9H2,1-2H3,(H2,25,26,29)/b11-8+. The first-order valence-corrected chi connectivity index (χ1v) is 9.10. The third-order valence-corrected chi connectivity index (χ3v) is 4.04. The minimum atomic E-state index is -4.38. The molecule has 0 aliphatic carbocycles. The largest absolute Gasteiger partial charge is 0.394 e. The molecular formula is C18H18Cl2F3N5O. The number of carbonyl (C=O) groups is 1. The van der Waals surface area contributed by atoms with E-state index in [1.807, 2.05) is 0 Å². The summed E-state index contributed by atoms with van der Waals surface area (Å²) in [5.41, 5.74) is 1.41. The van der Waals surface area contributed by atoms with E-state index in [1.165, 1.54) is 31.4 Å². The topological polar surface area (TPSA) is 78.9 Å². The van der Waals surface area contributed by atoms with Crippen LogP contribution in [0.25, 0.3) is 5.57 Å². The summed E-state index contributed by atoms with van der Waals surface area (Å²) in [5.74, 6) is 0. The van der Waals surface area contributed by atoms with Gasteiger partial charge in [-0.3, -0.25) is 0 Å². The lowest BCUT2D eigenvalue weighted by Gasteiger charge is -2.13. The van der Waals surface area contributed by atoms with Crippen molar-refractivity contribution in [3.05, 3.63) is 57.5 Å². The Balaban J connectivity index is 2.04. The molecular weight excluding hydrogens is 430 g/mol. The maximum atomic E-state index is 12.8. The predicted octanol–water partition coefficient (Wildman–Crippen LogP) is 4.93. The molecule has 1 heterocycles. The van der Waals surface area contributed by atoms with Crippen molar-refractivity contribution in [2.45, 2.75) is 26.1 Å². The van der Waals surface area contributed by atoms with Crippen LogP contribution < -0.4 is 16.0 Å². The minimum Gasteiger partial charge on any atom is -0.394 e. The molecule has 11 heteroatoms. The van der Waals surface area contributed by atoms with Crippen LogP contribution in [0.15, 0.2) is 30.5 Å². The number of aryl methyl sites for hydroxylation is 1. The Labute approximate surface area is 175 Å². The molecule has 0 radical (unpaired) electrons. The number of benzene rings is 1. The van der Waals surface area contributed by atoms with Gasteiger partial charge in [-0.05, 0) is 36.8 Å². The van der Waals surface area contributed by atoms with Gasteiger partial charge in [0.25, 0.3) is 0 Å². The number of allylic oxidation sites excluding steroid dienone is 1. The summed E-state index contributed by atoms with van der Waals surface area (Å²) in [6.45, 7) is 1.65. The normalized spacial score (nSPS) is 11.9. The highest BCUT2D eigenvalue weighted by molar-refractivity contribution is 6.35. The molecule has 0 saturated heterocycles. The molecule has 0 atom stereocenters. The molecule has 2 aromatic rings. The highest BCUT2D eigenvalue weighted by Crippen LogP contribution is 2.30. The molecule has 1 aromatic carbocycles. The zero-order chi connectivity index (χ0) is 21.6. The molecule has 0 saturated carbocycles. The van der Waals surface area contributed by atoms with Gasteiger partial charge in [0.2, 0.25) is 0 Å². The number of carbonyl (C=O) groups excluding carboxylic acids is 1. The van der Waals surface area contributed by atoms with Gasteiger partial charge >= 0.3 is 12.2 Å². The van der Waals surface area contributed by atoms with Crippen LogP contribution in [-0.2, 0) is 6.54 Å². The number of halogens is 5. The van der Waals surface area contributed by atoms with E-state index < -0.39 is 18.6 Å². The van der Waals surface area contributed by atoms with Crippen molar-refractivity contribution in [1.82, 2.24) is 20.8 Å². The van der Waals surface area contributed by atoms with E-state index in [4.69, 9.17) is 23.2 Å². The Bertz CT molecular complexity index is 899. The van der Waals surface area contributed by atoms with Gasteiger partial charge in [0, 0.05) is 34.6 Å². The third kappa shape index (κ3) is 7.43. The number of urea groups is 1. The lowest BCUT2D eigenvalue weighted by molar-refractivity contribution is -0.123. The molecule has 0 fully saturated rings. The molecule has 6 nitrogen and oxygen atoms in total. The molecule has 0 spiro atoms. The molecule has 2 amide bonds. The second-order valence-corrected chi connectivity index (χ2v) is 6.96. The summed E-state index contributed by atoms with van der Waals surface area (Å²) < 4.78 is 38.3. The van der Waals surface area contributed by atoms with E-state index in [2.05, 4.69) is 26.1 Å². The van der Waals surface area contributed by atoms with Crippen molar-refractivity contribution in [1.29, 1.82) is 0 Å². The Kier molecular flexibility index (Phi) is 7.69. The summed E-state index contributed by atoms with van der Waals surface area (Å²) in [7, 11) is 1.50. The van der Waals surface area contributed by atoms with Crippen molar-refractivity contribution in [2.75, 3.05) is 12.4 Å². The van der Waals surface area contributed by atoms with Gasteiger partial charge in [-0.2, -0.15) is 23.4 Å². The fourth-order valence-corrected chi connectivity index (χ4v) is 3.04. The lowest BCUT2D eigenvalue weighted by atomic mass is 10.0. The third-order valence-electron chi connectivity index (χ3n) is 3.60. The molecule has 29 heavy (non-hydrogen) atoms. The average molecular weight is 448 g/mol. The smallest absolute Gasteiger partial charge is 0.393 e. The first-order valence-electron chi connectivity index (χ1n) is 8.35. The van der Waals surface area contributed by atoms with Crippen molar-refractivity contribution in [2.24, 2.45) is 0 Å². The van der Waals surface area contributed by atoms with Crippen LogP contribution >= 0.6 is 23.2 Å². The fourth-order valence-electron chi connectivity index (χ4n) is 2.51. The average Bonchev–Trinajstić information content (AvgIpc) is 2.57. The summed E-state index contributed by atoms with van der Waals surface area (Å²) in [5, 5.41) is 16.3. The van der Waals surface area contributed by atoms with Crippen LogP contribution in [0.4, 0.5) is 23.7 Å². The molecule has 1 aromatic heterocycles. The minimum absolute atomic E-state index is 0.0264. The van der Waals surface area contributed by atoms with Crippen molar-refractivity contribution >= 4 is 40.5 Å².